The summed E-state index contributed by atoms with van der Waals surface area (Å²) in [5.41, 5.74) is 2.23. The number of hydrogen-bond acceptors (Lipinski definition) is 1. The molecule has 0 aromatic heterocycles. The second-order valence-electron chi connectivity index (χ2n) is 4.78. The highest BCUT2D eigenvalue weighted by atomic mass is 79.9. The van der Waals surface area contributed by atoms with Crippen LogP contribution in [0.25, 0.3) is 0 Å². The van der Waals surface area contributed by atoms with Crippen molar-refractivity contribution in [2.45, 2.75) is 32.6 Å². The third-order valence-corrected chi connectivity index (χ3v) is 3.60. The van der Waals surface area contributed by atoms with E-state index in [9.17, 15) is 4.79 Å². The molecule has 0 spiro atoms. The highest BCUT2D eigenvalue weighted by Crippen LogP contribution is 2.39. The molecule has 1 unspecified atom stereocenters. The minimum absolute atomic E-state index is 0.130. The van der Waals surface area contributed by atoms with E-state index < -0.39 is 0 Å². The lowest BCUT2D eigenvalue weighted by Gasteiger charge is -2.27. The molecule has 0 aliphatic carbocycles. The fraction of sp³-hybridized carbons (Fsp3) is 0.462. The van der Waals surface area contributed by atoms with Crippen molar-refractivity contribution in [3.05, 3.63) is 28.2 Å². The lowest BCUT2D eigenvalue weighted by Crippen LogP contribution is -2.24. The largest absolute Gasteiger partial charge is 0.325 e. The summed E-state index contributed by atoms with van der Waals surface area (Å²) in [6.45, 7) is 4.40. The molecule has 1 heterocycles. The standard InChI is InChI=1S/C13H16BrNO/c1-8(2)6-9-7-12(16)15-13-10(9)4-3-5-11(13)14/h3-5,8-9H,6-7H2,1-2H3,(H,15,16). The summed E-state index contributed by atoms with van der Waals surface area (Å²) in [5, 5.41) is 2.95. The summed E-state index contributed by atoms with van der Waals surface area (Å²) in [7, 11) is 0. The van der Waals surface area contributed by atoms with Crippen molar-refractivity contribution in [3.63, 3.8) is 0 Å². The van der Waals surface area contributed by atoms with Crippen LogP contribution in [0, 0.1) is 5.92 Å². The predicted molar refractivity (Wildman–Crippen MR) is 69.6 cm³/mol. The minimum Gasteiger partial charge on any atom is -0.325 e. The molecule has 2 rings (SSSR count). The van der Waals surface area contributed by atoms with Crippen LogP contribution in [0.15, 0.2) is 22.7 Å². The molecule has 86 valence electrons. The van der Waals surface area contributed by atoms with Crippen LogP contribution in [0.4, 0.5) is 5.69 Å². The van der Waals surface area contributed by atoms with Gasteiger partial charge in [-0.1, -0.05) is 26.0 Å². The van der Waals surface area contributed by atoms with Crippen LogP contribution >= 0.6 is 15.9 Å². The van der Waals surface area contributed by atoms with Crippen molar-refractivity contribution in [3.8, 4) is 0 Å². The van der Waals surface area contributed by atoms with Gasteiger partial charge in [-0.25, -0.2) is 0 Å². The fourth-order valence-electron chi connectivity index (χ4n) is 2.32. The molecule has 1 N–H and O–H groups in total. The Balaban J connectivity index is 2.38. The van der Waals surface area contributed by atoms with Gasteiger partial charge in [0.05, 0.1) is 5.69 Å². The van der Waals surface area contributed by atoms with E-state index in [-0.39, 0.29) is 5.91 Å². The Morgan fingerprint density at radius 3 is 2.94 bits per heavy atom. The lowest BCUT2D eigenvalue weighted by atomic mass is 9.84. The second kappa shape index (κ2) is 4.58. The summed E-state index contributed by atoms with van der Waals surface area (Å²) in [5.74, 6) is 1.11. The van der Waals surface area contributed by atoms with Gasteiger partial charge in [0.2, 0.25) is 5.91 Å². The molecule has 0 bridgehead atoms. The summed E-state index contributed by atoms with van der Waals surface area (Å²) in [4.78, 5) is 11.6. The average molecular weight is 282 g/mol. The number of benzene rings is 1. The van der Waals surface area contributed by atoms with Crippen molar-refractivity contribution in [2.24, 2.45) is 5.92 Å². The zero-order valence-corrected chi connectivity index (χ0v) is 11.2. The van der Waals surface area contributed by atoms with Gasteiger partial charge >= 0.3 is 0 Å². The topological polar surface area (TPSA) is 29.1 Å². The molecule has 2 nitrogen and oxygen atoms in total. The normalized spacial score (nSPS) is 19.5. The van der Waals surface area contributed by atoms with E-state index in [0.717, 1.165) is 16.6 Å². The first-order valence-corrected chi connectivity index (χ1v) is 6.45. The summed E-state index contributed by atoms with van der Waals surface area (Å²) < 4.78 is 0.979. The van der Waals surface area contributed by atoms with Gasteiger partial charge in [0.1, 0.15) is 0 Å². The van der Waals surface area contributed by atoms with Gasteiger partial charge in [0.25, 0.3) is 0 Å². The zero-order chi connectivity index (χ0) is 11.7. The SMILES string of the molecule is CC(C)CC1CC(=O)Nc2c(Br)cccc21. The van der Waals surface area contributed by atoms with Crippen molar-refractivity contribution in [1.82, 2.24) is 0 Å². The van der Waals surface area contributed by atoms with Gasteiger partial charge in [-0.3, -0.25) is 4.79 Å². The Morgan fingerprint density at radius 1 is 1.50 bits per heavy atom. The van der Waals surface area contributed by atoms with E-state index in [0.29, 0.717) is 18.3 Å². The number of anilines is 1. The van der Waals surface area contributed by atoms with Crippen molar-refractivity contribution < 1.29 is 4.79 Å². The van der Waals surface area contributed by atoms with Crippen LogP contribution < -0.4 is 5.32 Å². The Kier molecular flexibility index (Phi) is 3.33. The zero-order valence-electron chi connectivity index (χ0n) is 9.59. The van der Waals surface area contributed by atoms with E-state index in [1.54, 1.807) is 0 Å². The average Bonchev–Trinajstić information content (AvgIpc) is 2.18. The van der Waals surface area contributed by atoms with Crippen LogP contribution in [0.2, 0.25) is 0 Å². The summed E-state index contributed by atoms with van der Waals surface area (Å²) in [6.07, 6.45) is 1.68. The van der Waals surface area contributed by atoms with E-state index in [2.05, 4.69) is 41.2 Å². The molecular formula is C13H16BrNO. The number of hydrogen-bond donors (Lipinski definition) is 1. The first kappa shape index (κ1) is 11.6. The Morgan fingerprint density at radius 2 is 2.25 bits per heavy atom. The monoisotopic (exact) mass is 281 g/mol. The lowest BCUT2D eigenvalue weighted by molar-refractivity contribution is -0.116. The number of fused-ring (bicyclic) bond motifs is 1. The molecule has 0 saturated carbocycles. The maximum absolute atomic E-state index is 11.6. The fourth-order valence-corrected chi connectivity index (χ4v) is 2.80. The molecule has 1 atom stereocenters. The molecule has 1 aromatic carbocycles. The molecule has 0 fully saturated rings. The van der Waals surface area contributed by atoms with E-state index in [1.807, 2.05) is 12.1 Å². The van der Waals surface area contributed by atoms with Crippen LogP contribution in [0.1, 0.15) is 38.2 Å². The van der Waals surface area contributed by atoms with Gasteiger partial charge in [0.15, 0.2) is 0 Å². The number of para-hydroxylation sites is 1. The van der Waals surface area contributed by atoms with Crippen molar-refractivity contribution >= 4 is 27.5 Å². The van der Waals surface area contributed by atoms with E-state index >= 15 is 0 Å². The molecular weight excluding hydrogens is 266 g/mol. The van der Waals surface area contributed by atoms with Crippen LogP contribution in [0.5, 0.6) is 0 Å². The summed E-state index contributed by atoms with van der Waals surface area (Å²) >= 11 is 3.49. The van der Waals surface area contributed by atoms with Gasteiger partial charge in [0, 0.05) is 10.9 Å². The van der Waals surface area contributed by atoms with Crippen LogP contribution in [-0.2, 0) is 4.79 Å². The maximum atomic E-state index is 11.6. The van der Waals surface area contributed by atoms with Gasteiger partial charge in [-0.05, 0) is 45.8 Å². The number of carbonyl (C=O) groups excluding carboxylic acids is 1. The number of carbonyl (C=O) groups is 1. The molecule has 1 aliphatic rings. The van der Waals surface area contributed by atoms with Crippen LogP contribution in [0.3, 0.4) is 0 Å². The molecule has 1 aromatic rings. The van der Waals surface area contributed by atoms with E-state index in [1.165, 1.54) is 5.56 Å². The number of amides is 1. The van der Waals surface area contributed by atoms with Crippen molar-refractivity contribution in [2.75, 3.05) is 5.32 Å². The van der Waals surface area contributed by atoms with E-state index in [4.69, 9.17) is 0 Å². The minimum atomic E-state index is 0.130. The van der Waals surface area contributed by atoms with Crippen molar-refractivity contribution in [1.29, 1.82) is 0 Å². The number of nitrogens with one attached hydrogen (secondary N) is 1. The Labute approximate surface area is 105 Å². The Hall–Kier alpha value is -0.830. The third-order valence-electron chi connectivity index (χ3n) is 2.94. The maximum Gasteiger partial charge on any atom is 0.225 e. The third kappa shape index (κ3) is 2.29. The quantitative estimate of drug-likeness (QED) is 0.875. The smallest absolute Gasteiger partial charge is 0.225 e. The second-order valence-corrected chi connectivity index (χ2v) is 5.64. The molecule has 1 amide bonds. The van der Waals surface area contributed by atoms with Gasteiger partial charge < -0.3 is 5.32 Å². The summed E-state index contributed by atoms with van der Waals surface area (Å²) in [6, 6.07) is 6.12. The molecule has 3 heteroatoms. The highest BCUT2D eigenvalue weighted by molar-refractivity contribution is 9.10. The number of halogens is 1. The number of rotatable bonds is 2. The highest BCUT2D eigenvalue weighted by Gasteiger charge is 2.26. The van der Waals surface area contributed by atoms with Crippen LogP contribution in [-0.4, -0.2) is 5.91 Å². The molecule has 0 radical (unpaired) electrons. The first-order valence-electron chi connectivity index (χ1n) is 5.66. The molecule has 16 heavy (non-hydrogen) atoms. The molecule has 0 saturated heterocycles. The van der Waals surface area contributed by atoms with Gasteiger partial charge in [-0.2, -0.15) is 0 Å². The molecule has 1 aliphatic heterocycles. The van der Waals surface area contributed by atoms with Gasteiger partial charge in [-0.15, -0.1) is 0 Å². The predicted octanol–water partition coefficient (Wildman–Crippen LogP) is 3.92. The Bertz CT molecular complexity index is 414. The first-order chi connectivity index (χ1) is 7.58.